The molecule has 178 valence electrons. The number of aliphatic hydroxyl groups is 1. The molecule has 2 N–H and O–H groups in total. The summed E-state index contributed by atoms with van der Waals surface area (Å²) in [6.45, 7) is 2.34. The molecule has 0 fully saturated rings. The monoisotopic (exact) mass is 487 g/mol. The van der Waals surface area contributed by atoms with E-state index in [2.05, 4.69) is 0 Å². The average Bonchev–Trinajstić information content (AvgIpc) is 3.30. The molecule has 0 bridgehead atoms. The van der Waals surface area contributed by atoms with E-state index in [-0.39, 0.29) is 16.6 Å². The topological polar surface area (TPSA) is 62.5 Å². The minimum Gasteiger partial charge on any atom is -0.508 e. The molecule has 2 aromatic heterocycles. The smallest absolute Gasteiger partial charge is 0.418 e. The van der Waals surface area contributed by atoms with Gasteiger partial charge in [0.15, 0.2) is 11.0 Å². The lowest BCUT2D eigenvalue weighted by molar-refractivity contribution is -0.271. The van der Waals surface area contributed by atoms with Crippen LogP contribution in [0.5, 0.6) is 5.75 Å². The van der Waals surface area contributed by atoms with Gasteiger partial charge in [-0.15, -0.1) is 0 Å². The van der Waals surface area contributed by atoms with Crippen LogP contribution in [0.2, 0.25) is 0 Å². The van der Waals surface area contributed by atoms with Crippen LogP contribution in [-0.2, 0) is 12.0 Å². The summed E-state index contributed by atoms with van der Waals surface area (Å²) in [6.07, 6.45) is -4.40. The predicted molar refractivity (Wildman–Crippen MR) is 128 cm³/mol. The lowest BCUT2D eigenvalue weighted by Crippen LogP contribution is -2.52. The van der Waals surface area contributed by atoms with E-state index < -0.39 is 30.2 Å². The number of hydrogen-bond acceptors (Lipinski definition) is 4. The number of thiophene rings is 1. The number of alkyl halides is 3. The normalized spacial score (nSPS) is 14.3. The van der Waals surface area contributed by atoms with Crippen LogP contribution in [0.1, 0.15) is 25.8 Å². The molecule has 4 nitrogen and oxygen atoms in total. The molecule has 0 radical (unpaired) electrons. The van der Waals surface area contributed by atoms with Crippen LogP contribution < -0.4 is 5.43 Å². The van der Waals surface area contributed by atoms with Gasteiger partial charge in [0.05, 0.1) is 12.1 Å². The summed E-state index contributed by atoms with van der Waals surface area (Å²) in [5, 5.41) is 25.7. The molecule has 0 aliphatic carbocycles. The van der Waals surface area contributed by atoms with Crippen LogP contribution in [0.4, 0.5) is 13.2 Å². The van der Waals surface area contributed by atoms with E-state index >= 15 is 0 Å². The van der Waals surface area contributed by atoms with Crippen LogP contribution in [0.15, 0.2) is 76.3 Å². The Kier molecular flexibility index (Phi) is 6.08. The first-order chi connectivity index (χ1) is 15.9. The summed E-state index contributed by atoms with van der Waals surface area (Å²) in [7, 11) is 0. The Morgan fingerprint density at radius 2 is 1.74 bits per heavy atom. The van der Waals surface area contributed by atoms with Crippen LogP contribution in [-0.4, -0.2) is 26.6 Å². The van der Waals surface area contributed by atoms with Gasteiger partial charge in [-0.3, -0.25) is 4.79 Å². The number of aromatic hydroxyl groups is 1. The maximum Gasteiger partial charge on any atom is 0.418 e. The van der Waals surface area contributed by atoms with Gasteiger partial charge in [-0.05, 0) is 64.1 Å². The minimum atomic E-state index is -4.96. The summed E-state index contributed by atoms with van der Waals surface area (Å²) in [4.78, 5) is 12.1. The predicted octanol–water partition coefficient (Wildman–Crippen LogP) is 6.10. The van der Waals surface area contributed by atoms with Crippen molar-refractivity contribution in [2.45, 2.75) is 44.0 Å². The summed E-state index contributed by atoms with van der Waals surface area (Å²) < 4.78 is 44.2. The van der Waals surface area contributed by atoms with E-state index in [9.17, 15) is 28.2 Å². The second-order valence-corrected chi connectivity index (χ2v) is 9.94. The highest BCUT2D eigenvalue weighted by molar-refractivity contribution is 7.08. The van der Waals surface area contributed by atoms with Gasteiger partial charge in [0, 0.05) is 23.2 Å². The Bertz CT molecular complexity index is 1380. The molecule has 4 rings (SSSR count). The van der Waals surface area contributed by atoms with E-state index in [1.54, 1.807) is 50.2 Å². The van der Waals surface area contributed by atoms with Crippen molar-refractivity contribution in [3.63, 3.8) is 0 Å². The first kappa shape index (κ1) is 24.0. The molecule has 0 saturated heterocycles. The largest absolute Gasteiger partial charge is 0.508 e. The van der Waals surface area contributed by atoms with Gasteiger partial charge in [-0.25, -0.2) is 0 Å². The number of benzene rings is 2. The maximum atomic E-state index is 14.3. The lowest BCUT2D eigenvalue weighted by atomic mass is 9.74. The SMILES string of the molecule is CC(C)(CC(O)(Cn1ccc(=O)c2ccccc21)C(F)(F)F)c1cc(-c2ccsc2)ccc1O. The van der Waals surface area contributed by atoms with Crippen LogP contribution >= 0.6 is 11.3 Å². The Labute approximate surface area is 198 Å². The number of halogens is 3. The molecular weight excluding hydrogens is 463 g/mol. The highest BCUT2D eigenvalue weighted by atomic mass is 32.1. The van der Waals surface area contributed by atoms with Crippen LogP contribution in [0.25, 0.3) is 22.0 Å². The molecule has 2 aromatic carbocycles. The number of phenols is 1. The second kappa shape index (κ2) is 8.60. The molecule has 4 aromatic rings. The molecule has 0 amide bonds. The van der Waals surface area contributed by atoms with E-state index in [1.807, 2.05) is 16.8 Å². The van der Waals surface area contributed by atoms with Gasteiger partial charge < -0.3 is 14.8 Å². The zero-order valence-corrected chi connectivity index (χ0v) is 19.5. The van der Waals surface area contributed by atoms with Crippen molar-refractivity contribution in [1.29, 1.82) is 0 Å². The van der Waals surface area contributed by atoms with Crippen molar-refractivity contribution in [2.24, 2.45) is 0 Å². The van der Waals surface area contributed by atoms with Gasteiger partial charge in [0.1, 0.15) is 5.75 Å². The average molecular weight is 488 g/mol. The third kappa shape index (κ3) is 4.48. The van der Waals surface area contributed by atoms with Crippen molar-refractivity contribution < 1.29 is 23.4 Å². The van der Waals surface area contributed by atoms with Crippen molar-refractivity contribution in [1.82, 2.24) is 4.57 Å². The molecule has 2 heterocycles. The number of fused-ring (bicyclic) bond motifs is 1. The van der Waals surface area contributed by atoms with Crippen molar-refractivity contribution in [3.8, 4) is 16.9 Å². The molecule has 0 spiro atoms. The maximum absolute atomic E-state index is 14.3. The number of hydrogen-bond donors (Lipinski definition) is 2. The third-order valence-electron chi connectivity index (χ3n) is 6.16. The molecular formula is C26H24F3NO3S. The molecule has 1 unspecified atom stereocenters. The molecule has 0 saturated carbocycles. The van der Waals surface area contributed by atoms with Crippen molar-refractivity contribution in [3.05, 3.63) is 87.3 Å². The van der Waals surface area contributed by atoms with Gasteiger partial charge in [-0.1, -0.05) is 32.0 Å². The van der Waals surface area contributed by atoms with E-state index in [0.717, 1.165) is 11.1 Å². The fraction of sp³-hybridized carbons (Fsp3) is 0.269. The number of rotatable bonds is 6. The lowest BCUT2D eigenvalue weighted by Gasteiger charge is -2.39. The first-order valence-electron chi connectivity index (χ1n) is 10.6. The number of aromatic nitrogens is 1. The Balaban J connectivity index is 1.76. The highest BCUT2D eigenvalue weighted by Gasteiger charge is 2.56. The molecule has 0 aliphatic rings. The molecule has 0 aliphatic heterocycles. The van der Waals surface area contributed by atoms with Crippen molar-refractivity contribution in [2.75, 3.05) is 0 Å². The summed E-state index contributed by atoms with van der Waals surface area (Å²) in [6, 6.07) is 14.3. The summed E-state index contributed by atoms with van der Waals surface area (Å²) in [5.41, 5.74) is -2.40. The van der Waals surface area contributed by atoms with Crippen molar-refractivity contribution >= 4 is 22.2 Å². The zero-order chi connectivity index (χ0) is 24.7. The number of pyridine rings is 1. The number of nitrogens with zero attached hydrogens (tertiary/aromatic N) is 1. The van der Waals surface area contributed by atoms with E-state index in [4.69, 9.17) is 0 Å². The fourth-order valence-electron chi connectivity index (χ4n) is 4.44. The molecule has 34 heavy (non-hydrogen) atoms. The first-order valence-corrected chi connectivity index (χ1v) is 11.6. The second-order valence-electron chi connectivity index (χ2n) is 9.16. The third-order valence-corrected chi connectivity index (χ3v) is 6.84. The highest BCUT2D eigenvalue weighted by Crippen LogP contribution is 2.45. The Morgan fingerprint density at radius 1 is 1.00 bits per heavy atom. The van der Waals surface area contributed by atoms with Gasteiger partial charge >= 0.3 is 6.18 Å². The summed E-state index contributed by atoms with van der Waals surface area (Å²) in [5.74, 6) is -0.137. The Morgan fingerprint density at radius 3 is 2.41 bits per heavy atom. The van der Waals surface area contributed by atoms with Gasteiger partial charge in [-0.2, -0.15) is 24.5 Å². The van der Waals surface area contributed by atoms with Gasteiger partial charge in [0.2, 0.25) is 0 Å². The van der Waals surface area contributed by atoms with Gasteiger partial charge in [0.25, 0.3) is 0 Å². The fourth-order valence-corrected chi connectivity index (χ4v) is 5.10. The molecule has 8 heteroatoms. The summed E-state index contributed by atoms with van der Waals surface area (Å²) >= 11 is 1.49. The van der Waals surface area contributed by atoms with Crippen LogP contribution in [0.3, 0.4) is 0 Å². The quantitative estimate of drug-likeness (QED) is 0.346. The van der Waals surface area contributed by atoms with E-state index in [1.165, 1.54) is 34.2 Å². The zero-order valence-electron chi connectivity index (χ0n) is 18.6. The molecule has 1 atom stereocenters. The Hall–Kier alpha value is -3.10. The van der Waals surface area contributed by atoms with Crippen LogP contribution in [0, 0.1) is 0 Å². The number of phenolic OH excluding ortho intramolecular Hbond substituents is 1. The standard InChI is InChI=1S/C26H24F3NO3S/c1-24(2,20-13-17(7-8-23(20)32)18-10-12-34-14-18)15-25(33,26(27,28)29)16-30-11-9-22(31)19-5-3-4-6-21(19)30/h3-14,32-33H,15-16H2,1-2H3. The number of para-hydroxylation sites is 1. The van der Waals surface area contributed by atoms with E-state index in [0.29, 0.717) is 11.1 Å². The minimum absolute atomic E-state index is 0.137.